The van der Waals surface area contributed by atoms with Crippen molar-refractivity contribution in [3.05, 3.63) is 48.3 Å². The molecule has 0 unspecified atom stereocenters. The van der Waals surface area contributed by atoms with E-state index in [4.69, 9.17) is 4.74 Å². The maximum Gasteiger partial charge on any atom is 0.220 e. The third-order valence-electron chi connectivity index (χ3n) is 6.88. The number of aryl methyl sites for hydroxylation is 1. The monoisotopic (exact) mass is 497 g/mol. The molecule has 35 heavy (non-hydrogen) atoms. The SMILES string of the molecule is Cc1cnn2cc(-c3ccc(N4CCN(S(C)(=O)=O)CC4)cc3)cc(OCC[C@H]3CNC(=O)C3)c12. The smallest absolute Gasteiger partial charge is 0.220 e. The number of carbonyl (C=O) groups excluding carboxylic acids is 1. The molecule has 186 valence electrons. The lowest BCUT2D eigenvalue weighted by Crippen LogP contribution is -2.48. The molecule has 3 aromatic rings. The molecule has 2 aliphatic rings. The van der Waals surface area contributed by atoms with E-state index in [1.54, 1.807) is 0 Å². The van der Waals surface area contributed by atoms with E-state index >= 15 is 0 Å². The minimum atomic E-state index is -3.14. The highest BCUT2D eigenvalue weighted by Crippen LogP contribution is 2.31. The van der Waals surface area contributed by atoms with Crippen molar-refractivity contribution in [1.29, 1.82) is 0 Å². The number of hydrogen-bond donors (Lipinski definition) is 1. The van der Waals surface area contributed by atoms with Crippen molar-refractivity contribution in [2.45, 2.75) is 19.8 Å². The summed E-state index contributed by atoms with van der Waals surface area (Å²) in [6.45, 7) is 5.63. The maximum atomic E-state index is 11.8. The van der Waals surface area contributed by atoms with Gasteiger partial charge in [-0.05, 0) is 48.6 Å². The van der Waals surface area contributed by atoms with Gasteiger partial charge in [-0.3, -0.25) is 4.79 Å². The Kier molecular flexibility index (Phi) is 6.41. The number of amides is 1. The summed E-state index contributed by atoms with van der Waals surface area (Å²) in [5, 5.41) is 7.38. The van der Waals surface area contributed by atoms with Gasteiger partial charge in [-0.1, -0.05) is 12.1 Å². The lowest BCUT2D eigenvalue weighted by molar-refractivity contribution is -0.119. The van der Waals surface area contributed by atoms with Crippen molar-refractivity contribution in [3.8, 4) is 16.9 Å². The van der Waals surface area contributed by atoms with E-state index in [0.29, 0.717) is 45.1 Å². The zero-order valence-corrected chi connectivity index (χ0v) is 20.9. The van der Waals surface area contributed by atoms with Gasteiger partial charge in [0.15, 0.2) is 0 Å². The minimum absolute atomic E-state index is 0.117. The Labute approximate surface area is 205 Å². The Balaban J connectivity index is 1.31. The van der Waals surface area contributed by atoms with Crippen LogP contribution >= 0.6 is 0 Å². The highest BCUT2D eigenvalue weighted by molar-refractivity contribution is 7.88. The summed E-state index contributed by atoms with van der Waals surface area (Å²) >= 11 is 0. The summed E-state index contributed by atoms with van der Waals surface area (Å²) in [5.74, 6) is 1.22. The van der Waals surface area contributed by atoms with E-state index in [9.17, 15) is 13.2 Å². The topological polar surface area (TPSA) is 96.2 Å². The molecule has 1 N–H and O–H groups in total. The molecule has 2 saturated heterocycles. The minimum Gasteiger partial charge on any atom is -0.491 e. The van der Waals surface area contributed by atoms with Crippen LogP contribution < -0.4 is 15.0 Å². The van der Waals surface area contributed by atoms with Crippen molar-refractivity contribution >= 4 is 27.1 Å². The molecule has 2 aliphatic heterocycles. The predicted octanol–water partition coefficient (Wildman–Crippen LogP) is 2.30. The Morgan fingerprint density at radius 3 is 2.51 bits per heavy atom. The van der Waals surface area contributed by atoms with Gasteiger partial charge in [0.05, 0.1) is 19.1 Å². The molecule has 1 atom stereocenters. The third kappa shape index (κ3) is 5.13. The van der Waals surface area contributed by atoms with Crippen LogP contribution in [0.15, 0.2) is 42.7 Å². The standard InChI is InChI=1S/C25H31N5O4S/c1-18-15-27-30-17-21(14-23(25(18)30)34-12-7-19-13-24(31)26-16-19)20-3-5-22(6-4-20)28-8-10-29(11-9-28)35(2,32)33/h3-6,14-15,17,19H,7-13,16H2,1-2H3,(H,26,31)/t19-/m1/s1. The van der Waals surface area contributed by atoms with E-state index < -0.39 is 10.0 Å². The van der Waals surface area contributed by atoms with E-state index in [-0.39, 0.29) is 5.91 Å². The number of ether oxygens (including phenoxy) is 1. The van der Waals surface area contributed by atoms with Gasteiger partial charge in [0.25, 0.3) is 0 Å². The van der Waals surface area contributed by atoms with E-state index in [1.807, 2.05) is 23.8 Å². The molecule has 2 fully saturated rings. The lowest BCUT2D eigenvalue weighted by Gasteiger charge is -2.34. The van der Waals surface area contributed by atoms with Crippen molar-refractivity contribution in [2.24, 2.45) is 5.92 Å². The second-order valence-corrected chi connectivity index (χ2v) is 11.4. The normalized spacial score (nSPS) is 19.3. The lowest BCUT2D eigenvalue weighted by atomic mass is 10.1. The first kappa shape index (κ1) is 23.6. The van der Waals surface area contributed by atoms with Gasteiger partial charge < -0.3 is 15.0 Å². The largest absolute Gasteiger partial charge is 0.491 e. The number of benzene rings is 1. The van der Waals surface area contributed by atoms with Crippen molar-refractivity contribution in [1.82, 2.24) is 19.2 Å². The van der Waals surface area contributed by atoms with Crippen molar-refractivity contribution in [2.75, 3.05) is 50.5 Å². The van der Waals surface area contributed by atoms with Gasteiger partial charge in [0, 0.05) is 56.6 Å². The number of pyridine rings is 1. The van der Waals surface area contributed by atoms with Gasteiger partial charge in [-0.2, -0.15) is 9.40 Å². The predicted molar refractivity (Wildman–Crippen MR) is 135 cm³/mol. The van der Waals surface area contributed by atoms with Gasteiger partial charge in [-0.25, -0.2) is 12.9 Å². The second kappa shape index (κ2) is 9.50. The Morgan fingerprint density at radius 1 is 1.11 bits per heavy atom. The van der Waals surface area contributed by atoms with Crippen LogP contribution in [0.4, 0.5) is 5.69 Å². The van der Waals surface area contributed by atoms with Crippen molar-refractivity contribution < 1.29 is 17.9 Å². The fourth-order valence-electron chi connectivity index (χ4n) is 4.85. The third-order valence-corrected chi connectivity index (χ3v) is 8.18. The molecular weight excluding hydrogens is 466 g/mol. The number of anilines is 1. The Hall–Kier alpha value is -3.11. The number of nitrogens with zero attached hydrogens (tertiary/aromatic N) is 4. The Bertz CT molecular complexity index is 1330. The molecule has 9 nitrogen and oxygen atoms in total. The molecule has 1 amide bonds. The number of nitrogens with one attached hydrogen (secondary N) is 1. The zero-order valence-electron chi connectivity index (χ0n) is 20.1. The van der Waals surface area contributed by atoms with E-state index in [1.165, 1.54) is 10.6 Å². The molecule has 0 bridgehead atoms. The van der Waals surface area contributed by atoms with E-state index in [0.717, 1.165) is 46.6 Å². The van der Waals surface area contributed by atoms with Crippen LogP contribution in [0.25, 0.3) is 16.6 Å². The zero-order chi connectivity index (χ0) is 24.6. The molecule has 0 aliphatic carbocycles. The molecule has 0 spiro atoms. The summed E-state index contributed by atoms with van der Waals surface area (Å²) in [7, 11) is -3.14. The summed E-state index contributed by atoms with van der Waals surface area (Å²) in [4.78, 5) is 13.7. The first-order valence-electron chi connectivity index (χ1n) is 12.0. The van der Waals surface area contributed by atoms with Crippen LogP contribution in [-0.2, 0) is 14.8 Å². The molecule has 2 aromatic heterocycles. The van der Waals surface area contributed by atoms with Gasteiger partial charge in [0.2, 0.25) is 15.9 Å². The number of sulfonamides is 1. The van der Waals surface area contributed by atoms with Crippen LogP contribution in [0.5, 0.6) is 5.75 Å². The fourth-order valence-corrected chi connectivity index (χ4v) is 5.67. The molecule has 1 aromatic carbocycles. The number of hydrogen-bond acceptors (Lipinski definition) is 6. The van der Waals surface area contributed by atoms with Crippen LogP contribution in [0.3, 0.4) is 0 Å². The number of carbonyl (C=O) groups is 1. The number of piperazine rings is 1. The molecule has 0 saturated carbocycles. The molecule has 0 radical (unpaired) electrons. The molecule has 5 rings (SSSR count). The second-order valence-electron chi connectivity index (χ2n) is 9.42. The van der Waals surface area contributed by atoms with Crippen LogP contribution in [0.2, 0.25) is 0 Å². The summed E-state index contributed by atoms with van der Waals surface area (Å²) in [6.07, 6.45) is 6.50. The van der Waals surface area contributed by atoms with Crippen LogP contribution in [-0.4, -0.2) is 73.8 Å². The summed E-state index contributed by atoms with van der Waals surface area (Å²) < 4.78 is 33.1. The average Bonchev–Trinajstić information content (AvgIpc) is 3.44. The first-order valence-corrected chi connectivity index (χ1v) is 13.8. The van der Waals surface area contributed by atoms with Gasteiger partial charge in [0.1, 0.15) is 11.3 Å². The van der Waals surface area contributed by atoms with E-state index in [2.05, 4.69) is 45.6 Å². The summed E-state index contributed by atoms with van der Waals surface area (Å²) in [5.41, 5.74) is 5.13. The quantitative estimate of drug-likeness (QED) is 0.538. The highest BCUT2D eigenvalue weighted by atomic mass is 32.2. The molecule has 10 heteroatoms. The first-order chi connectivity index (χ1) is 16.8. The van der Waals surface area contributed by atoms with Gasteiger partial charge in [-0.15, -0.1) is 0 Å². The van der Waals surface area contributed by atoms with Gasteiger partial charge >= 0.3 is 0 Å². The van der Waals surface area contributed by atoms with Crippen LogP contribution in [0, 0.1) is 12.8 Å². The summed E-state index contributed by atoms with van der Waals surface area (Å²) in [6, 6.07) is 10.4. The highest BCUT2D eigenvalue weighted by Gasteiger charge is 2.24. The average molecular weight is 498 g/mol. The fraction of sp³-hybridized carbons (Fsp3) is 0.440. The Morgan fingerprint density at radius 2 is 1.86 bits per heavy atom. The van der Waals surface area contributed by atoms with Crippen LogP contribution in [0.1, 0.15) is 18.4 Å². The number of rotatable bonds is 7. The maximum absolute atomic E-state index is 11.8. The molecular formula is C25H31N5O4S. The number of aromatic nitrogens is 2. The molecule has 4 heterocycles. The van der Waals surface area contributed by atoms with Crippen molar-refractivity contribution in [3.63, 3.8) is 0 Å². The number of fused-ring (bicyclic) bond motifs is 1.